The van der Waals surface area contributed by atoms with Crippen LogP contribution < -0.4 is 10.6 Å². The van der Waals surface area contributed by atoms with Crippen LogP contribution in [-0.2, 0) is 4.79 Å². The number of halogens is 2. The summed E-state index contributed by atoms with van der Waals surface area (Å²) in [5.74, 6) is -1.32. The predicted octanol–water partition coefficient (Wildman–Crippen LogP) is 1.67. The number of carboxylic acids is 1. The van der Waals surface area contributed by atoms with Crippen molar-refractivity contribution in [1.29, 1.82) is 0 Å². The Hall–Kier alpha value is -1.31. The van der Waals surface area contributed by atoms with Crippen molar-refractivity contribution in [3.63, 3.8) is 0 Å². The fraction of sp³-hybridized carbons (Fsp3) is 0.200. The second-order valence-electron chi connectivity index (χ2n) is 3.30. The van der Waals surface area contributed by atoms with Crippen LogP contribution in [0.5, 0.6) is 0 Å². The maximum atomic E-state index is 11.5. The maximum Gasteiger partial charge on any atom is 0.328 e. The molecule has 8 heteroatoms. The molecular weight excluding hydrogens is 327 g/mol. The molecule has 1 atom stereocenters. The topological polar surface area (TPSA) is 98.7 Å². The molecule has 1 rings (SSSR count). The van der Waals surface area contributed by atoms with Gasteiger partial charge in [-0.3, -0.25) is 0 Å². The highest BCUT2D eigenvalue weighted by Crippen LogP contribution is 2.25. The van der Waals surface area contributed by atoms with Gasteiger partial charge in [0.2, 0.25) is 0 Å². The molecule has 18 heavy (non-hydrogen) atoms. The number of hydrogen-bond donors (Lipinski definition) is 4. The molecule has 2 amide bonds. The molecule has 1 aromatic carbocycles. The minimum Gasteiger partial charge on any atom is -0.480 e. The summed E-state index contributed by atoms with van der Waals surface area (Å²) in [7, 11) is 0. The molecule has 0 aromatic heterocycles. The van der Waals surface area contributed by atoms with Gasteiger partial charge in [-0.05, 0) is 34.1 Å². The lowest BCUT2D eigenvalue weighted by molar-refractivity contribution is -0.140. The third kappa shape index (κ3) is 4.17. The van der Waals surface area contributed by atoms with E-state index in [9.17, 15) is 9.59 Å². The molecule has 0 radical (unpaired) electrons. The summed E-state index contributed by atoms with van der Waals surface area (Å²) in [4.78, 5) is 22.1. The van der Waals surface area contributed by atoms with Crippen molar-refractivity contribution in [3.05, 3.63) is 27.7 Å². The van der Waals surface area contributed by atoms with Crippen molar-refractivity contribution >= 4 is 45.2 Å². The Morgan fingerprint density at radius 3 is 2.61 bits per heavy atom. The largest absolute Gasteiger partial charge is 0.480 e. The van der Waals surface area contributed by atoms with Crippen LogP contribution in [0.2, 0.25) is 5.02 Å². The number of amides is 2. The Bertz CT molecular complexity index is 469. The van der Waals surface area contributed by atoms with Gasteiger partial charge >= 0.3 is 12.0 Å². The minimum atomic E-state index is -1.35. The number of carboxylic acid groups (broad SMARTS) is 1. The van der Waals surface area contributed by atoms with Crippen molar-refractivity contribution < 1.29 is 19.8 Å². The van der Waals surface area contributed by atoms with E-state index in [0.717, 1.165) is 0 Å². The Morgan fingerprint density at radius 1 is 1.44 bits per heavy atom. The number of nitrogens with one attached hydrogen (secondary N) is 2. The van der Waals surface area contributed by atoms with Crippen LogP contribution in [0, 0.1) is 0 Å². The number of urea groups is 1. The molecule has 0 heterocycles. The number of anilines is 1. The van der Waals surface area contributed by atoms with Gasteiger partial charge in [-0.2, -0.15) is 0 Å². The Balaban J connectivity index is 2.67. The number of carbonyl (C=O) groups is 2. The van der Waals surface area contributed by atoms with E-state index in [2.05, 4.69) is 26.6 Å². The summed E-state index contributed by atoms with van der Waals surface area (Å²) >= 11 is 8.93. The normalized spacial score (nSPS) is 11.7. The lowest BCUT2D eigenvalue weighted by Gasteiger charge is -2.13. The summed E-state index contributed by atoms with van der Waals surface area (Å²) in [6, 6.07) is 2.62. The molecule has 0 saturated carbocycles. The first-order valence-electron chi connectivity index (χ1n) is 4.80. The Kier molecular flexibility index (Phi) is 5.39. The molecule has 1 aromatic rings. The first-order valence-corrected chi connectivity index (χ1v) is 5.97. The maximum absolute atomic E-state index is 11.5. The van der Waals surface area contributed by atoms with Gasteiger partial charge in [0.1, 0.15) is 0 Å². The van der Waals surface area contributed by atoms with Crippen molar-refractivity contribution in [2.24, 2.45) is 0 Å². The summed E-state index contributed by atoms with van der Waals surface area (Å²) in [5.41, 5.74) is 0.430. The lowest BCUT2D eigenvalue weighted by Crippen LogP contribution is -2.45. The predicted molar refractivity (Wildman–Crippen MR) is 69.8 cm³/mol. The van der Waals surface area contributed by atoms with E-state index < -0.39 is 24.6 Å². The van der Waals surface area contributed by atoms with Crippen molar-refractivity contribution in [2.45, 2.75) is 6.04 Å². The van der Waals surface area contributed by atoms with Crippen LogP contribution in [0.4, 0.5) is 10.5 Å². The second-order valence-corrected chi connectivity index (χ2v) is 4.59. The van der Waals surface area contributed by atoms with Crippen LogP contribution >= 0.6 is 27.5 Å². The molecule has 0 aliphatic rings. The molecule has 0 bridgehead atoms. The Morgan fingerprint density at radius 2 is 2.11 bits per heavy atom. The third-order valence-corrected chi connectivity index (χ3v) is 2.86. The molecule has 4 N–H and O–H groups in total. The van der Waals surface area contributed by atoms with Crippen LogP contribution in [0.15, 0.2) is 22.7 Å². The monoisotopic (exact) mass is 336 g/mol. The first-order chi connectivity index (χ1) is 8.43. The van der Waals surface area contributed by atoms with Gasteiger partial charge in [0.05, 0.1) is 12.3 Å². The highest BCUT2D eigenvalue weighted by Gasteiger charge is 2.18. The first kappa shape index (κ1) is 14.7. The number of aliphatic hydroxyl groups excluding tert-OH is 1. The van der Waals surface area contributed by atoms with E-state index in [1.807, 2.05) is 0 Å². The molecule has 6 nitrogen and oxygen atoms in total. The number of carbonyl (C=O) groups excluding carboxylic acids is 1. The zero-order chi connectivity index (χ0) is 13.7. The van der Waals surface area contributed by atoms with Crippen molar-refractivity contribution in [3.8, 4) is 0 Å². The zero-order valence-corrected chi connectivity index (χ0v) is 11.3. The number of aliphatic hydroxyl groups is 1. The molecule has 0 aliphatic carbocycles. The van der Waals surface area contributed by atoms with E-state index in [4.69, 9.17) is 21.8 Å². The van der Waals surface area contributed by atoms with E-state index in [0.29, 0.717) is 15.2 Å². The van der Waals surface area contributed by atoms with Gasteiger partial charge in [0.25, 0.3) is 0 Å². The SMILES string of the molecule is O=C(Nc1ccc(Cl)cc1Br)NC(CO)C(=O)O. The molecule has 0 aliphatic heterocycles. The zero-order valence-electron chi connectivity index (χ0n) is 8.98. The van der Waals surface area contributed by atoms with Gasteiger partial charge in [0, 0.05) is 9.50 Å². The van der Waals surface area contributed by atoms with Crippen LogP contribution in [0.25, 0.3) is 0 Å². The number of benzene rings is 1. The fourth-order valence-corrected chi connectivity index (χ4v) is 1.87. The highest BCUT2D eigenvalue weighted by molar-refractivity contribution is 9.10. The van der Waals surface area contributed by atoms with Gasteiger partial charge in [-0.1, -0.05) is 11.6 Å². The van der Waals surface area contributed by atoms with E-state index in [1.54, 1.807) is 18.2 Å². The lowest BCUT2D eigenvalue weighted by atomic mass is 10.3. The number of aliphatic carboxylic acids is 1. The van der Waals surface area contributed by atoms with E-state index in [1.165, 1.54) is 0 Å². The average Bonchev–Trinajstić information content (AvgIpc) is 2.29. The molecule has 0 spiro atoms. The third-order valence-electron chi connectivity index (χ3n) is 1.97. The molecular formula is C10H10BrClN2O4. The Labute approximate surface area is 116 Å². The summed E-state index contributed by atoms with van der Waals surface area (Å²) in [6.07, 6.45) is 0. The molecule has 0 fully saturated rings. The van der Waals surface area contributed by atoms with Crippen LogP contribution in [0.1, 0.15) is 0 Å². The van der Waals surface area contributed by atoms with Gasteiger partial charge < -0.3 is 20.8 Å². The van der Waals surface area contributed by atoms with Gasteiger partial charge in [-0.25, -0.2) is 9.59 Å². The number of rotatable bonds is 4. The summed E-state index contributed by atoms with van der Waals surface area (Å²) in [6.45, 7) is -0.690. The molecule has 98 valence electrons. The van der Waals surface area contributed by atoms with Crippen molar-refractivity contribution in [2.75, 3.05) is 11.9 Å². The summed E-state index contributed by atoms with van der Waals surface area (Å²) in [5, 5.41) is 22.4. The second kappa shape index (κ2) is 6.58. The van der Waals surface area contributed by atoms with E-state index in [-0.39, 0.29) is 0 Å². The quantitative estimate of drug-likeness (QED) is 0.671. The number of hydrogen-bond acceptors (Lipinski definition) is 3. The van der Waals surface area contributed by atoms with Crippen molar-refractivity contribution in [1.82, 2.24) is 5.32 Å². The smallest absolute Gasteiger partial charge is 0.328 e. The van der Waals surface area contributed by atoms with Crippen LogP contribution in [-0.4, -0.2) is 34.9 Å². The van der Waals surface area contributed by atoms with Gasteiger partial charge in [-0.15, -0.1) is 0 Å². The standard InChI is InChI=1S/C10H10BrClN2O4/c11-6-3-5(12)1-2-7(6)13-10(18)14-8(4-15)9(16)17/h1-3,8,15H,4H2,(H,16,17)(H2,13,14,18). The highest BCUT2D eigenvalue weighted by atomic mass is 79.9. The van der Waals surface area contributed by atoms with E-state index >= 15 is 0 Å². The minimum absolute atomic E-state index is 0.430. The molecule has 1 unspecified atom stereocenters. The van der Waals surface area contributed by atoms with Gasteiger partial charge in [0.15, 0.2) is 6.04 Å². The van der Waals surface area contributed by atoms with Crippen LogP contribution in [0.3, 0.4) is 0 Å². The fourth-order valence-electron chi connectivity index (χ4n) is 1.09. The average molecular weight is 338 g/mol. The summed E-state index contributed by atoms with van der Waals surface area (Å²) < 4.78 is 0.557. The molecule has 0 saturated heterocycles.